The summed E-state index contributed by atoms with van der Waals surface area (Å²) >= 11 is 5.01. The monoisotopic (exact) mass is 316 g/mol. The lowest BCUT2D eigenvalue weighted by Gasteiger charge is -2.11. The second-order valence-corrected chi connectivity index (χ2v) is 4.94. The van der Waals surface area contributed by atoms with Crippen LogP contribution in [0.4, 0.5) is 17.6 Å². The van der Waals surface area contributed by atoms with Gasteiger partial charge in [-0.3, -0.25) is 0 Å². The molecule has 7 heteroatoms. The lowest BCUT2D eigenvalue weighted by Crippen LogP contribution is -2.08. The molecular weight excluding hydrogens is 304 g/mol. The van der Waals surface area contributed by atoms with Gasteiger partial charge in [0.25, 0.3) is 0 Å². The van der Waals surface area contributed by atoms with E-state index < -0.39 is 17.6 Å². The van der Waals surface area contributed by atoms with Crippen LogP contribution in [0.1, 0.15) is 24.7 Å². The Labute approximate surface area is 123 Å². The summed E-state index contributed by atoms with van der Waals surface area (Å²) < 4.78 is 51.8. The Morgan fingerprint density at radius 3 is 2.57 bits per heavy atom. The van der Waals surface area contributed by atoms with Gasteiger partial charge >= 0.3 is 6.18 Å². The van der Waals surface area contributed by atoms with Crippen molar-refractivity contribution < 1.29 is 17.6 Å². The molecule has 0 aliphatic heterocycles. The summed E-state index contributed by atoms with van der Waals surface area (Å²) in [6.45, 7) is 1.95. The van der Waals surface area contributed by atoms with Crippen LogP contribution in [0.5, 0.6) is 0 Å². The molecule has 0 spiro atoms. The number of nitrogens with one attached hydrogen (secondary N) is 1. The van der Waals surface area contributed by atoms with Gasteiger partial charge in [0.15, 0.2) is 0 Å². The van der Waals surface area contributed by atoms with E-state index in [1.807, 2.05) is 6.92 Å². The molecule has 0 bridgehead atoms. The second-order valence-electron chi connectivity index (χ2n) is 4.52. The van der Waals surface area contributed by atoms with Crippen LogP contribution in [0.25, 0.3) is 11.3 Å². The SMILES string of the molecule is CCCc1nc(=S)cc(-c2ccc(F)c(C(F)(F)F)c2)[nH]1. The first-order valence-electron chi connectivity index (χ1n) is 6.28. The van der Waals surface area contributed by atoms with E-state index in [0.29, 0.717) is 17.9 Å². The second kappa shape index (κ2) is 5.93. The highest BCUT2D eigenvalue weighted by Crippen LogP contribution is 2.33. The average molecular weight is 316 g/mol. The number of aromatic nitrogens is 2. The number of hydrogen-bond acceptors (Lipinski definition) is 2. The minimum absolute atomic E-state index is 0.217. The standard InChI is InChI=1S/C14H12F4N2S/c1-2-3-12-19-11(7-13(21)20-12)8-4-5-10(15)9(6-8)14(16,17)18/h4-7H,2-3H2,1H3,(H,19,20,21). The molecule has 2 rings (SSSR count). The molecule has 0 radical (unpaired) electrons. The fraction of sp³-hybridized carbons (Fsp3) is 0.286. The largest absolute Gasteiger partial charge is 0.419 e. The van der Waals surface area contributed by atoms with Gasteiger partial charge in [-0.2, -0.15) is 13.2 Å². The third-order valence-corrected chi connectivity index (χ3v) is 3.07. The summed E-state index contributed by atoms with van der Waals surface area (Å²) in [6.07, 6.45) is -3.29. The van der Waals surface area contributed by atoms with Gasteiger partial charge in [0, 0.05) is 12.1 Å². The molecule has 1 N–H and O–H groups in total. The molecular formula is C14H12F4N2S. The molecule has 0 aliphatic carbocycles. The van der Waals surface area contributed by atoms with Crippen molar-refractivity contribution >= 4 is 12.2 Å². The third-order valence-electron chi connectivity index (χ3n) is 2.86. The Morgan fingerprint density at radius 1 is 1.24 bits per heavy atom. The van der Waals surface area contributed by atoms with Gasteiger partial charge in [0.05, 0.1) is 5.56 Å². The fourth-order valence-electron chi connectivity index (χ4n) is 1.93. The van der Waals surface area contributed by atoms with Crippen LogP contribution in [-0.4, -0.2) is 9.97 Å². The molecule has 21 heavy (non-hydrogen) atoms. The molecule has 2 nitrogen and oxygen atoms in total. The van der Waals surface area contributed by atoms with Crippen LogP contribution in [0.2, 0.25) is 0 Å². The highest BCUT2D eigenvalue weighted by Gasteiger charge is 2.34. The number of aromatic amines is 1. The quantitative estimate of drug-likeness (QED) is 0.643. The van der Waals surface area contributed by atoms with Gasteiger partial charge in [0.1, 0.15) is 16.3 Å². The fourth-order valence-corrected chi connectivity index (χ4v) is 2.16. The Hall–Kier alpha value is -1.76. The normalized spacial score (nSPS) is 11.7. The van der Waals surface area contributed by atoms with Crippen LogP contribution in [-0.2, 0) is 12.6 Å². The highest BCUT2D eigenvalue weighted by molar-refractivity contribution is 7.71. The number of benzene rings is 1. The predicted octanol–water partition coefficient (Wildman–Crippen LogP) is 4.92. The van der Waals surface area contributed by atoms with Gasteiger partial charge < -0.3 is 4.98 Å². The Morgan fingerprint density at radius 2 is 1.95 bits per heavy atom. The maximum Gasteiger partial charge on any atom is 0.419 e. The van der Waals surface area contributed by atoms with Gasteiger partial charge in [-0.25, -0.2) is 9.37 Å². The Bertz CT molecular complexity index is 707. The van der Waals surface area contributed by atoms with E-state index in [4.69, 9.17) is 12.2 Å². The Kier molecular flexibility index (Phi) is 4.41. The van der Waals surface area contributed by atoms with Crippen LogP contribution >= 0.6 is 12.2 Å². The van der Waals surface area contributed by atoms with Crippen molar-refractivity contribution in [3.8, 4) is 11.3 Å². The topological polar surface area (TPSA) is 28.7 Å². The number of alkyl halides is 3. The number of aryl methyl sites for hydroxylation is 1. The lowest BCUT2D eigenvalue weighted by molar-refractivity contribution is -0.139. The zero-order chi connectivity index (χ0) is 15.6. The van der Waals surface area contributed by atoms with Crippen molar-refractivity contribution in [2.75, 3.05) is 0 Å². The van der Waals surface area contributed by atoms with E-state index in [1.54, 1.807) is 0 Å². The van der Waals surface area contributed by atoms with E-state index in [-0.39, 0.29) is 10.2 Å². The van der Waals surface area contributed by atoms with E-state index in [9.17, 15) is 17.6 Å². The predicted molar refractivity (Wildman–Crippen MR) is 73.8 cm³/mol. The van der Waals surface area contributed by atoms with Gasteiger partial charge in [0.2, 0.25) is 0 Å². The summed E-state index contributed by atoms with van der Waals surface area (Å²) in [7, 11) is 0. The molecule has 0 unspecified atom stereocenters. The average Bonchev–Trinajstić information content (AvgIpc) is 2.37. The van der Waals surface area contributed by atoms with Gasteiger partial charge in [-0.1, -0.05) is 19.1 Å². The molecule has 0 saturated carbocycles. The van der Waals surface area contributed by atoms with E-state index in [2.05, 4.69) is 9.97 Å². The summed E-state index contributed by atoms with van der Waals surface area (Å²) in [5, 5.41) is 0. The molecule has 1 aromatic heterocycles. The van der Waals surface area contributed by atoms with Crippen LogP contribution < -0.4 is 0 Å². The molecule has 0 saturated heterocycles. The third kappa shape index (κ3) is 3.66. The first kappa shape index (κ1) is 15.6. The van der Waals surface area contributed by atoms with Crippen molar-refractivity contribution in [1.82, 2.24) is 9.97 Å². The minimum atomic E-state index is -4.74. The smallest absolute Gasteiger partial charge is 0.343 e. The van der Waals surface area contributed by atoms with Gasteiger partial charge in [-0.05, 0) is 36.2 Å². The lowest BCUT2D eigenvalue weighted by atomic mass is 10.1. The molecule has 1 aromatic carbocycles. The molecule has 0 fully saturated rings. The van der Waals surface area contributed by atoms with Crippen molar-refractivity contribution in [3.05, 3.63) is 46.1 Å². The zero-order valence-corrected chi connectivity index (χ0v) is 11.9. The number of rotatable bonds is 3. The summed E-state index contributed by atoms with van der Waals surface area (Å²) in [6, 6.07) is 4.31. The van der Waals surface area contributed by atoms with Crippen molar-refractivity contribution in [2.45, 2.75) is 25.9 Å². The van der Waals surface area contributed by atoms with E-state index in [1.165, 1.54) is 12.1 Å². The molecule has 112 valence electrons. The zero-order valence-electron chi connectivity index (χ0n) is 11.1. The minimum Gasteiger partial charge on any atom is -0.343 e. The number of hydrogen-bond donors (Lipinski definition) is 1. The van der Waals surface area contributed by atoms with Crippen LogP contribution in [0, 0.1) is 10.5 Å². The van der Waals surface area contributed by atoms with Crippen molar-refractivity contribution in [1.29, 1.82) is 0 Å². The summed E-state index contributed by atoms with van der Waals surface area (Å²) in [5.41, 5.74) is -0.688. The van der Waals surface area contributed by atoms with Crippen molar-refractivity contribution in [2.24, 2.45) is 0 Å². The first-order valence-corrected chi connectivity index (χ1v) is 6.69. The highest BCUT2D eigenvalue weighted by atomic mass is 32.1. The first-order chi connectivity index (χ1) is 9.81. The molecule has 0 amide bonds. The molecule has 2 aromatic rings. The maximum absolute atomic E-state index is 13.3. The number of nitrogens with zero attached hydrogens (tertiary/aromatic N) is 1. The van der Waals surface area contributed by atoms with Crippen molar-refractivity contribution in [3.63, 3.8) is 0 Å². The Balaban J connectivity index is 2.55. The summed E-state index contributed by atoms with van der Waals surface area (Å²) in [5.74, 6) is -0.703. The van der Waals surface area contributed by atoms with Crippen LogP contribution in [0.15, 0.2) is 24.3 Å². The van der Waals surface area contributed by atoms with Gasteiger partial charge in [-0.15, -0.1) is 0 Å². The summed E-state index contributed by atoms with van der Waals surface area (Å²) in [4.78, 5) is 7.03. The van der Waals surface area contributed by atoms with E-state index >= 15 is 0 Å². The molecule has 1 heterocycles. The molecule has 0 aliphatic rings. The molecule has 0 atom stereocenters. The number of halogens is 4. The number of H-pyrrole nitrogens is 1. The van der Waals surface area contributed by atoms with Crippen LogP contribution in [0.3, 0.4) is 0 Å². The maximum atomic E-state index is 13.3. The van der Waals surface area contributed by atoms with E-state index in [0.717, 1.165) is 18.6 Å².